The summed E-state index contributed by atoms with van der Waals surface area (Å²) in [5, 5.41) is 0. The molecular weight excluding hydrogens is 532 g/mol. The van der Waals surface area contributed by atoms with Gasteiger partial charge >= 0.3 is 11.9 Å². The number of rotatable bonds is 16. The summed E-state index contributed by atoms with van der Waals surface area (Å²) in [6.45, 7) is 18.2. The quantitative estimate of drug-likeness (QED) is 0.112. The minimum absolute atomic E-state index is 0.336. The van der Waals surface area contributed by atoms with Crippen LogP contribution >= 0.6 is 0 Å². The van der Waals surface area contributed by atoms with Crippen LogP contribution < -0.4 is 0 Å². The minimum Gasteiger partial charge on any atom is -0.462 e. The lowest BCUT2D eigenvalue weighted by atomic mass is 9.76. The van der Waals surface area contributed by atoms with Crippen LogP contribution in [0.3, 0.4) is 0 Å². The zero-order valence-electron chi connectivity index (χ0n) is 27.5. The second kappa shape index (κ2) is 17.2. The Morgan fingerprint density at radius 3 is 1.84 bits per heavy atom. The number of ether oxygens (including phenoxy) is 2. The van der Waals surface area contributed by atoms with Gasteiger partial charge in [-0.15, -0.1) is 0 Å². The van der Waals surface area contributed by atoms with Crippen molar-refractivity contribution in [2.75, 3.05) is 13.2 Å². The van der Waals surface area contributed by atoms with Gasteiger partial charge < -0.3 is 9.47 Å². The Balaban J connectivity index is 1.82. The van der Waals surface area contributed by atoms with Gasteiger partial charge in [0.1, 0.15) is 0 Å². The smallest absolute Gasteiger partial charge is 0.333 e. The van der Waals surface area contributed by atoms with Crippen molar-refractivity contribution in [3.63, 3.8) is 0 Å². The highest BCUT2D eigenvalue weighted by molar-refractivity contribution is 5.87. The summed E-state index contributed by atoms with van der Waals surface area (Å²) in [5.41, 5.74) is 10.1. The molecule has 3 rings (SSSR count). The van der Waals surface area contributed by atoms with Crippen LogP contribution in [0.4, 0.5) is 0 Å². The van der Waals surface area contributed by atoms with Crippen LogP contribution in [0.1, 0.15) is 119 Å². The third-order valence-electron chi connectivity index (χ3n) is 9.07. The highest BCUT2D eigenvalue weighted by Gasteiger charge is 2.23. The molecule has 1 saturated carbocycles. The van der Waals surface area contributed by atoms with E-state index in [1.165, 1.54) is 83.9 Å². The molecule has 0 atom stereocenters. The van der Waals surface area contributed by atoms with Gasteiger partial charge in [0.15, 0.2) is 0 Å². The van der Waals surface area contributed by atoms with E-state index >= 15 is 0 Å². The summed E-state index contributed by atoms with van der Waals surface area (Å²) in [7, 11) is 0. The Hall–Kier alpha value is -3.14. The van der Waals surface area contributed by atoms with Crippen molar-refractivity contribution < 1.29 is 19.1 Å². The molecule has 1 fully saturated rings. The molecule has 0 aliphatic heterocycles. The molecule has 1 aliphatic rings. The SMILES string of the molecule is C=C(C)C(=O)OCCCc1cc(-c2ccc(C3CCC(CCCC)CC3)cc2CC)cc(CCCOC(=O)C(=C)C)c1C. The molecule has 0 saturated heterocycles. The van der Waals surface area contributed by atoms with Crippen molar-refractivity contribution >= 4 is 11.9 Å². The Morgan fingerprint density at radius 1 is 0.791 bits per heavy atom. The Morgan fingerprint density at radius 2 is 1.35 bits per heavy atom. The maximum absolute atomic E-state index is 11.9. The van der Waals surface area contributed by atoms with E-state index in [4.69, 9.17) is 9.47 Å². The van der Waals surface area contributed by atoms with E-state index in [0.29, 0.717) is 30.3 Å². The molecule has 0 unspecified atom stereocenters. The lowest BCUT2D eigenvalue weighted by molar-refractivity contribution is -0.139. The fraction of sp³-hybridized carbons (Fsp3) is 0.538. The van der Waals surface area contributed by atoms with Crippen LogP contribution in [-0.2, 0) is 38.3 Å². The maximum Gasteiger partial charge on any atom is 0.333 e. The molecule has 2 aromatic carbocycles. The second-order valence-electron chi connectivity index (χ2n) is 12.6. The summed E-state index contributed by atoms with van der Waals surface area (Å²) in [6, 6.07) is 11.8. The number of hydrogen-bond acceptors (Lipinski definition) is 4. The number of benzene rings is 2. The maximum atomic E-state index is 11.9. The van der Waals surface area contributed by atoms with Crippen molar-refractivity contribution in [2.24, 2.45) is 5.92 Å². The minimum atomic E-state index is -0.336. The van der Waals surface area contributed by atoms with E-state index in [-0.39, 0.29) is 11.9 Å². The van der Waals surface area contributed by atoms with Crippen LogP contribution in [0.15, 0.2) is 54.6 Å². The molecule has 0 bridgehead atoms. The van der Waals surface area contributed by atoms with E-state index in [9.17, 15) is 9.59 Å². The lowest BCUT2D eigenvalue weighted by Gasteiger charge is -2.29. The Labute approximate surface area is 261 Å². The third kappa shape index (κ3) is 10.2. The van der Waals surface area contributed by atoms with Gasteiger partial charge in [-0.1, -0.05) is 76.6 Å². The number of esters is 2. The highest BCUT2D eigenvalue weighted by atomic mass is 16.5. The van der Waals surface area contributed by atoms with Gasteiger partial charge in [0.2, 0.25) is 0 Å². The standard InChI is InChI=1S/C39H54O4/c1-8-10-13-30-16-18-32(19-17-30)35-20-21-37(31(9-2)24-35)36-25-33(14-11-22-42-38(40)27(3)4)29(7)34(26-36)15-12-23-43-39(41)28(5)6/h20-21,24-26,30,32H,3,5,8-19,22-23H2,1-2,4,6-7H3. The number of hydrogen-bond donors (Lipinski definition) is 0. The number of carbonyl (C=O) groups excluding carboxylic acids is 2. The first-order chi connectivity index (χ1) is 20.6. The first-order valence-electron chi connectivity index (χ1n) is 16.5. The molecule has 0 radical (unpaired) electrons. The van der Waals surface area contributed by atoms with Crippen LogP contribution in [0.2, 0.25) is 0 Å². The summed E-state index contributed by atoms with van der Waals surface area (Å²) >= 11 is 0. The van der Waals surface area contributed by atoms with Gasteiger partial charge in [-0.2, -0.15) is 0 Å². The lowest BCUT2D eigenvalue weighted by Crippen LogP contribution is -2.13. The summed E-state index contributed by atoms with van der Waals surface area (Å²) in [6.07, 6.45) is 13.5. The zero-order chi connectivity index (χ0) is 31.4. The predicted molar refractivity (Wildman–Crippen MR) is 178 cm³/mol. The first-order valence-corrected chi connectivity index (χ1v) is 16.5. The zero-order valence-corrected chi connectivity index (χ0v) is 27.5. The van der Waals surface area contributed by atoms with E-state index < -0.39 is 0 Å². The normalized spacial score (nSPS) is 16.5. The average Bonchev–Trinajstić information content (AvgIpc) is 3.01. The second-order valence-corrected chi connectivity index (χ2v) is 12.6. The summed E-state index contributed by atoms with van der Waals surface area (Å²) in [5.74, 6) is 0.916. The largest absolute Gasteiger partial charge is 0.462 e. The number of carbonyl (C=O) groups is 2. The molecule has 0 heterocycles. The molecule has 0 spiro atoms. The van der Waals surface area contributed by atoms with Gasteiger partial charge in [-0.25, -0.2) is 9.59 Å². The molecule has 4 heteroatoms. The summed E-state index contributed by atoms with van der Waals surface area (Å²) < 4.78 is 10.7. The molecule has 0 aromatic heterocycles. The Kier molecular flexibility index (Phi) is 13.8. The van der Waals surface area contributed by atoms with Gasteiger partial charge in [0, 0.05) is 11.1 Å². The molecule has 1 aliphatic carbocycles. The van der Waals surface area contributed by atoms with Gasteiger partial charge in [0.05, 0.1) is 13.2 Å². The van der Waals surface area contributed by atoms with Gasteiger partial charge in [-0.05, 0) is 129 Å². The topological polar surface area (TPSA) is 52.6 Å². The predicted octanol–water partition coefficient (Wildman–Crippen LogP) is 9.79. The molecular formula is C39H54O4. The number of aryl methyl sites for hydroxylation is 3. The van der Waals surface area contributed by atoms with Crippen LogP contribution in [-0.4, -0.2) is 25.2 Å². The van der Waals surface area contributed by atoms with E-state index in [0.717, 1.165) is 38.0 Å². The number of unbranched alkanes of at least 4 members (excludes halogenated alkanes) is 1. The fourth-order valence-electron chi connectivity index (χ4n) is 6.33. The molecule has 2 aromatic rings. The fourth-order valence-corrected chi connectivity index (χ4v) is 6.33. The van der Waals surface area contributed by atoms with Crippen LogP contribution in [0.25, 0.3) is 11.1 Å². The molecule has 0 N–H and O–H groups in total. The highest BCUT2D eigenvalue weighted by Crippen LogP contribution is 2.39. The van der Waals surface area contributed by atoms with Gasteiger partial charge in [0.25, 0.3) is 0 Å². The molecule has 234 valence electrons. The summed E-state index contributed by atoms with van der Waals surface area (Å²) in [4.78, 5) is 23.7. The monoisotopic (exact) mass is 586 g/mol. The van der Waals surface area contributed by atoms with Crippen LogP contribution in [0, 0.1) is 12.8 Å². The van der Waals surface area contributed by atoms with E-state index in [1.54, 1.807) is 13.8 Å². The Bertz CT molecular complexity index is 1210. The van der Waals surface area contributed by atoms with Crippen molar-refractivity contribution in [3.05, 3.63) is 82.5 Å². The van der Waals surface area contributed by atoms with Crippen LogP contribution in [0.5, 0.6) is 0 Å². The van der Waals surface area contributed by atoms with Crippen molar-refractivity contribution in [3.8, 4) is 11.1 Å². The van der Waals surface area contributed by atoms with E-state index in [2.05, 4.69) is 64.3 Å². The third-order valence-corrected chi connectivity index (χ3v) is 9.07. The first kappa shape index (κ1) is 34.4. The molecule has 43 heavy (non-hydrogen) atoms. The molecule has 0 amide bonds. The van der Waals surface area contributed by atoms with Crippen molar-refractivity contribution in [2.45, 2.75) is 118 Å². The van der Waals surface area contributed by atoms with E-state index in [1.807, 2.05) is 0 Å². The van der Waals surface area contributed by atoms with Crippen molar-refractivity contribution in [1.29, 1.82) is 0 Å². The molecule has 4 nitrogen and oxygen atoms in total. The van der Waals surface area contributed by atoms with Gasteiger partial charge in [-0.3, -0.25) is 0 Å². The van der Waals surface area contributed by atoms with Crippen molar-refractivity contribution in [1.82, 2.24) is 0 Å². The average molecular weight is 587 g/mol.